The maximum Gasteiger partial charge on any atom is 0.345 e. The van der Waals surface area contributed by atoms with Crippen LogP contribution in [0.5, 0.6) is 0 Å². The van der Waals surface area contributed by atoms with Crippen molar-refractivity contribution >= 4 is 0 Å². The highest BCUT2D eigenvalue weighted by molar-refractivity contribution is 4.67. The lowest BCUT2D eigenvalue weighted by Gasteiger charge is -2.14. The molecule has 1 N–H and O–H groups in total. The van der Waals surface area contributed by atoms with Gasteiger partial charge >= 0.3 is 19.0 Å². The molecule has 0 heterocycles. The van der Waals surface area contributed by atoms with Crippen molar-refractivity contribution in [2.45, 2.75) is 38.9 Å². The molecular weight excluding hydrogens is 230 g/mol. The second-order valence-corrected chi connectivity index (χ2v) is 2.73. The fourth-order valence-corrected chi connectivity index (χ4v) is 0.237. The van der Waals surface area contributed by atoms with Gasteiger partial charge in [0.05, 0.1) is 0 Å². The quantitative estimate of drug-likeness (QED) is 0.767. The first-order valence-corrected chi connectivity index (χ1v) is 3.83. The van der Waals surface area contributed by atoms with Gasteiger partial charge in [-0.3, -0.25) is 0 Å². The molecule has 0 aliphatic carbocycles. The maximum atomic E-state index is 11.7. The Balaban J connectivity index is 0. The summed E-state index contributed by atoms with van der Waals surface area (Å²) in [7, 11) is 0. The largest absolute Gasteiger partial charge is 0.394 e. The van der Waals surface area contributed by atoms with E-state index in [1.807, 2.05) is 0 Å². The van der Waals surface area contributed by atoms with Crippen molar-refractivity contribution in [2.24, 2.45) is 0 Å². The fraction of sp³-hybridized carbons (Fsp3) is 1.00. The van der Waals surface area contributed by atoms with E-state index in [4.69, 9.17) is 5.11 Å². The van der Waals surface area contributed by atoms with Gasteiger partial charge in [0.25, 0.3) is 0 Å². The van der Waals surface area contributed by atoms with Gasteiger partial charge in [-0.2, -0.15) is 17.6 Å². The van der Waals surface area contributed by atoms with E-state index in [9.17, 15) is 26.3 Å². The predicted octanol–water partition coefficient (Wildman–Crippen LogP) is 2.51. The summed E-state index contributed by atoms with van der Waals surface area (Å²) >= 11 is 0. The van der Waals surface area contributed by atoms with Gasteiger partial charge in [0.1, 0.15) is 6.61 Å². The molecule has 0 aliphatic rings. The van der Waals surface area contributed by atoms with Crippen molar-refractivity contribution < 1.29 is 36.2 Å². The summed E-state index contributed by atoms with van der Waals surface area (Å²) in [6.45, 7) is -1.98. The molecule has 0 fully saturated rings. The van der Waals surface area contributed by atoms with E-state index in [1.165, 1.54) is 0 Å². The van der Waals surface area contributed by atoms with Crippen molar-refractivity contribution in [1.29, 1.82) is 0 Å². The number of hydrogen-bond acceptors (Lipinski definition) is 2. The van der Waals surface area contributed by atoms with Crippen LogP contribution in [-0.4, -0.2) is 36.8 Å². The minimum Gasteiger partial charge on any atom is -0.394 e. The third-order valence-corrected chi connectivity index (χ3v) is 0.721. The number of rotatable bonds is 4. The van der Waals surface area contributed by atoms with Crippen molar-refractivity contribution in [1.82, 2.24) is 0 Å². The molecular formula is C7H12F6O2. The first kappa shape index (κ1) is 16.9. The van der Waals surface area contributed by atoms with Crippen molar-refractivity contribution in [3.8, 4) is 0 Å². The lowest BCUT2D eigenvalue weighted by atomic mass is 10.4. The highest BCUT2D eigenvalue weighted by Gasteiger charge is 2.41. The molecule has 0 unspecified atom stereocenters. The van der Waals surface area contributed by atoms with Crippen LogP contribution in [0.1, 0.15) is 13.8 Å². The molecule has 0 bridgehead atoms. The van der Waals surface area contributed by atoms with Crippen LogP contribution >= 0.6 is 0 Å². The molecule has 94 valence electrons. The molecule has 0 atom stereocenters. The van der Waals surface area contributed by atoms with Crippen LogP contribution in [0, 0.1) is 0 Å². The zero-order valence-electron chi connectivity index (χ0n) is 8.06. The van der Waals surface area contributed by atoms with E-state index in [2.05, 4.69) is 4.74 Å². The second kappa shape index (κ2) is 7.75. The summed E-state index contributed by atoms with van der Waals surface area (Å²) in [5, 5.41) is 8.06. The van der Waals surface area contributed by atoms with Crippen LogP contribution in [0.4, 0.5) is 26.3 Å². The fourth-order valence-electron chi connectivity index (χ4n) is 0.237. The van der Waals surface area contributed by atoms with E-state index >= 15 is 0 Å². The first-order valence-electron chi connectivity index (χ1n) is 3.83. The number of aliphatic hydroxyl groups is 1. The van der Waals surface area contributed by atoms with Crippen molar-refractivity contribution in [3.63, 3.8) is 0 Å². The molecule has 0 aromatic heterocycles. The minimum atomic E-state index is -4.50. The van der Waals surface area contributed by atoms with Gasteiger partial charge in [-0.1, -0.05) is 0 Å². The highest BCUT2D eigenvalue weighted by Crippen LogP contribution is 2.23. The third kappa shape index (κ3) is 13.5. The van der Waals surface area contributed by atoms with Crippen LogP contribution in [0.15, 0.2) is 0 Å². The van der Waals surface area contributed by atoms with E-state index in [0.717, 1.165) is 0 Å². The Bertz CT molecular complexity index is 148. The molecule has 0 rings (SSSR count). The standard InChI is InChI=1S/C4H4F6O.C3H8O/c5-2(6)4(9,10)1-11-3(7)8;1-3(2)4/h2-3H,1H2;3-4H,1-2H3. The molecule has 0 aliphatic heterocycles. The Hall–Kier alpha value is -0.500. The Morgan fingerprint density at radius 3 is 1.67 bits per heavy atom. The maximum absolute atomic E-state index is 11.7. The van der Waals surface area contributed by atoms with Crippen molar-refractivity contribution in [3.05, 3.63) is 0 Å². The molecule has 0 radical (unpaired) electrons. The first-order chi connectivity index (χ1) is 6.59. The third-order valence-electron chi connectivity index (χ3n) is 0.721. The average Bonchev–Trinajstić information content (AvgIpc) is 1.99. The molecule has 0 amide bonds. The van der Waals surface area contributed by atoms with E-state index < -0.39 is 25.6 Å². The molecule has 0 saturated carbocycles. The van der Waals surface area contributed by atoms with Crippen LogP contribution in [0.25, 0.3) is 0 Å². The smallest absolute Gasteiger partial charge is 0.345 e. The normalized spacial score (nSPS) is 12.0. The summed E-state index contributed by atoms with van der Waals surface area (Å²) in [6, 6.07) is 0. The highest BCUT2D eigenvalue weighted by atomic mass is 19.3. The molecule has 8 heteroatoms. The monoisotopic (exact) mass is 242 g/mol. The summed E-state index contributed by atoms with van der Waals surface area (Å²) in [5.41, 5.74) is 0. The summed E-state index contributed by atoms with van der Waals surface area (Å²) in [5.74, 6) is -4.50. The summed E-state index contributed by atoms with van der Waals surface area (Å²) in [6.07, 6.45) is -4.15. The van der Waals surface area contributed by atoms with Crippen LogP contribution < -0.4 is 0 Å². The number of aliphatic hydroxyl groups excluding tert-OH is 1. The SMILES string of the molecule is CC(C)O.FC(F)OCC(F)(F)C(F)F. The number of alkyl halides is 6. The zero-order valence-corrected chi connectivity index (χ0v) is 8.06. The van der Waals surface area contributed by atoms with Gasteiger partial charge in [-0.25, -0.2) is 8.78 Å². The van der Waals surface area contributed by atoms with Gasteiger partial charge in [-0.05, 0) is 13.8 Å². The topological polar surface area (TPSA) is 29.5 Å². The number of hydrogen-bond donors (Lipinski definition) is 1. The Labute approximate surface area is 82.8 Å². The Kier molecular flexibility index (Phi) is 8.74. The molecule has 0 aromatic carbocycles. The van der Waals surface area contributed by atoms with E-state index in [-0.39, 0.29) is 6.10 Å². The Morgan fingerprint density at radius 1 is 1.13 bits per heavy atom. The molecule has 0 spiro atoms. The van der Waals surface area contributed by atoms with Crippen LogP contribution in [0.2, 0.25) is 0 Å². The number of halogens is 6. The van der Waals surface area contributed by atoms with Gasteiger partial charge in [0.2, 0.25) is 0 Å². The zero-order chi connectivity index (χ0) is 12.6. The predicted molar refractivity (Wildman–Crippen MR) is 40.3 cm³/mol. The minimum absolute atomic E-state index is 0.167. The van der Waals surface area contributed by atoms with Crippen LogP contribution in [0.3, 0.4) is 0 Å². The molecule has 15 heavy (non-hydrogen) atoms. The molecule has 0 saturated heterocycles. The van der Waals surface area contributed by atoms with E-state index in [0.29, 0.717) is 0 Å². The van der Waals surface area contributed by atoms with E-state index in [1.54, 1.807) is 13.8 Å². The van der Waals surface area contributed by atoms with Gasteiger partial charge in [0, 0.05) is 6.10 Å². The Morgan fingerprint density at radius 2 is 1.47 bits per heavy atom. The van der Waals surface area contributed by atoms with Crippen molar-refractivity contribution in [2.75, 3.05) is 6.61 Å². The molecule has 0 aromatic rings. The number of ether oxygens (including phenoxy) is 1. The van der Waals surface area contributed by atoms with Gasteiger partial charge in [-0.15, -0.1) is 0 Å². The lowest BCUT2D eigenvalue weighted by Crippen LogP contribution is -2.33. The summed E-state index contributed by atoms with van der Waals surface area (Å²) < 4.78 is 70.8. The van der Waals surface area contributed by atoms with Crippen LogP contribution in [-0.2, 0) is 4.74 Å². The average molecular weight is 242 g/mol. The lowest BCUT2D eigenvalue weighted by molar-refractivity contribution is -0.218. The summed E-state index contributed by atoms with van der Waals surface area (Å²) in [4.78, 5) is 0. The van der Waals surface area contributed by atoms with Gasteiger partial charge < -0.3 is 9.84 Å². The van der Waals surface area contributed by atoms with Gasteiger partial charge in [0.15, 0.2) is 0 Å². The second-order valence-electron chi connectivity index (χ2n) is 2.73. The molecule has 2 nitrogen and oxygen atoms in total.